The molecule has 17 heteroatoms. The second-order valence-corrected chi connectivity index (χ2v) is 11.9. The van der Waals surface area contributed by atoms with E-state index in [1.54, 1.807) is 0 Å². The van der Waals surface area contributed by atoms with Crippen molar-refractivity contribution in [2.24, 2.45) is 0 Å². The van der Waals surface area contributed by atoms with Crippen molar-refractivity contribution in [2.45, 2.75) is 37.4 Å². The van der Waals surface area contributed by atoms with Gasteiger partial charge in [0.1, 0.15) is 17.5 Å². The number of rotatable bonds is 9. The van der Waals surface area contributed by atoms with Crippen molar-refractivity contribution < 1.29 is 57.1 Å². The number of nitrogens with one attached hydrogen (secondary N) is 1. The summed E-state index contributed by atoms with van der Waals surface area (Å²) in [4.78, 5) is 12.5. The molecule has 42 heavy (non-hydrogen) atoms. The SMILES string of the molecule is C=Cc1c(Cl)cc([C@@H](/C=C(\F)c2ccc(C(=O)N[C@H](C)CS(=O)(=O)CC(F)(F)F)c(C(F)(F)F)c2)C(F)(F)F)cc1Cl. The van der Waals surface area contributed by atoms with Crippen LogP contribution in [0.25, 0.3) is 11.9 Å². The molecule has 4 nitrogen and oxygen atoms in total. The third-order valence-electron chi connectivity index (χ3n) is 5.44. The number of carbonyl (C=O) groups excluding carboxylic acids is 1. The van der Waals surface area contributed by atoms with Gasteiger partial charge in [-0.3, -0.25) is 4.79 Å². The summed E-state index contributed by atoms with van der Waals surface area (Å²) >= 11 is 11.8. The van der Waals surface area contributed by atoms with E-state index in [-0.39, 0.29) is 27.8 Å². The van der Waals surface area contributed by atoms with Crippen LogP contribution in [-0.2, 0) is 16.0 Å². The van der Waals surface area contributed by atoms with Gasteiger partial charge in [0.2, 0.25) is 0 Å². The summed E-state index contributed by atoms with van der Waals surface area (Å²) in [6.45, 7) is 4.33. The van der Waals surface area contributed by atoms with Crippen LogP contribution < -0.4 is 5.32 Å². The molecule has 0 aromatic heterocycles. The van der Waals surface area contributed by atoms with E-state index in [9.17, 15) is 52.7 Å². The number of alkyl halides is 9. The topological polar surface area (TPSA) is 63.2 Å². The molecule has 0 aliphatic heterocycles. The molecule has 0 saturated heterocycles. The smallest absolute Gasteiger partial charge is 0.349 e. The van der Waals surface area contributed by atoms with E-state index in [0.717, 1.165) is 25.1 Å². The van der Waals surface area contributed by atoms with Gasteiger partial charge >= 0.3 is 18.5 Å². The molecule has 0 aliphatic carbocycles. The van der Waals surface area contributed by atoms with Crippen LogP contribution in [0.3, 0.4) is 0 Å². The van der Waals surface area contributed by atoms with Gasteiger partial charge in [0, 0.05) is 27.2 Å². The Labute approximate surface area is 242 Å². The third kappa shape index (κ3) is 9.63. The molecular formula is C25H19Cl2F10NO3S. The second-order valence-electron chi connectivity index (χ2n) is 8.94. The zero-order valence-electron chi connectivity index (χ0n) is 21.0. The Morgan fingerprint density at radius 1 is 1.00 bits per heavy atom. The number of benzene rings is 2. The molecule has 2 aromatic carbocycles. The van der Waals surface area contributed by atoms with Gasteiger partial charge < -0.3 is 5.32 Å². The standard InChI is InChI=1S/C25H19Cl2F10NO3S/c1-3-15-19(26)7-14(8-20(15)27)17(24(32,33)34)9-21(28)13-4-5-16(18(6-13)25(35,36)37)22(39)38-12(2)10-42(40,41)11-23(29,30)31/h3-9,12,17H,1,10-11H2,2H3,(H,38,39)/b21-9-/t12-,17-/m1/s1. The van der Waals surface area contributed by atoms with E-state index in [2.05, 4.69) is 6.58 Å². The number of carbonyl (C=O) groups is 1. The summed E-state index contributed by atoms with van der Waals surface area (Å²) in [7, 11) is -4.81. The van der Waals surface area contributed by atoms with Gasteiger partial charge in [-0.05, 0) is 42.8 Å². The van der Waals surface area contributed by atoms with Crippen LogP contribution in [0.2, 0.25) is 10.0 Å². The van der Waals surface area contributed by atoms with E-state index >= 15 is 4.39 Å². The monoisotopic (exact) mass is 673 g/mol. The first-order valence-corrected chi connectivity index (χ1v) is 13.9. The van der Waals surface area contributed by atoms with Crippen molar-refractivity contribution in [3.05, 3.63) is 80.8 Å². The van der Waals surface area contributed by atoms with Crippen molar-refractivity contribution in [1.82, 2.24) is 5.32 Å². The fraction of sp³-hybridized carbons (Fsp3) is 0.320. The molecule has 1 amide bonds. The number of hydrogen-bond donors (Lipinski definition) is 1. The number of halogens is 12. The van der Waals surface area contributed by atoms with Gasteiger partial charge in [0.05, 0.1) is 16.9 Å². The maximum Gasteiger partial charge on any atom is 0.417 e. The van der Waals surface area contributed by atoms with E-state index < -0.39 is 85.8 Å². The predicted octanol–water partition coefficient (Wildman–Crippen LogP) is 8.41. The molecule has 0 radical (unpaired) electrons. The first-order chi connectivity index (χ1) is 18.9. The highest BCUT2D eigenvalue weighted by molar-refractivity contribution is 7.91. The first-order valence-electron chi connectivity index (χ1n) is 11.3. The van der Waals surface area contributed by atoms with Crippen LogP contribution in [0.1, 0.15) is 45.5 Å². The lowest BCUT2D eigenvalue weighted by Crippen LogP contribution is -2.40. The minimum absolute atomic E-state index is 0.0155. The van der Waals surface area contributed by atoms with Crippen LogP contribution in [0.5, 0.6) is 0 Å². The van der Waals surface area contributed by atoms with Crippen molar-refractivity contribution in [1.29, 1.82) is 0 Å². The molecular weight excluding hydrogens is 655 g/mol. The molecule has 0 aliphatic rings. The molecule has 0 bridgehead atoms. The lowest BCUT2D eigenvalue weighted by molar-refractivity contribution is -0.140. The normalized spacial score (nSPS) is 14.8. The van der Waals surface area contributed by atoms with Gasteiger partial charge in [0.15, 0.2) is 9.84 Å². The van der Waals surface area contributed by atoms with E-state index in [1.807, 2.05) is 5.32 Å². The highest BCUT2D eigenvalue weighted by atomic mass is 35.5. The highest BCUT2D eigenvalue weighted by Crippen LogP contribution is 2.42. The zero-order chi connectivity index (χ0) is 32.4. The third-order valence-corrected chi connectivity index (χ3v) is 7.84. The van der Waals surface area contributed by atoms with Gasteiger partial charge in [-0.2, -0.15) is 39.5 Å². The molecule has 0 unspecified atom stereocenters. The molecule has 2 atom stereocenters. The molecule has 0 spiro atoms. The Bertz CT molecular complexity index is 1460. The number of amides is 1. The van der Waals surface area contributed by atoms with Gasteiger partial charge in [-0.25, -0.2) is 12.8 Å². The molecule has 0 heterocycles. The Hall–Kier alpha value is -2.78. The molecule has 1 N–H and O–H groups in total. The van der Waals surface area contributed by atoms with Crippen LogP contribution in [0.4, 0.5) is 43.9 Å². The Kier molecular flexibility index (Phi) is 10.8. The van der Waals surface area contributed by atoms with Crippen LogP contribution in [0.15, 0.2) is 43.0 Å². The highest BCUT2D eigenvalue weighted by Gasteiger charge is 2.41. The number of allylic oxidation sites excluding steroid dienone is 1. The van der Waals surface area contributed by atoms with Crippen LogP contribution in [-0.4, -0.2) is 44.2 Å². The maximum atomic E-state index is 15.0. The molecule has 0 fully saturated rings. The van der Waals surface area contributed by atoms with Gasteiger partial charge in [-0.1, -0.05) is 41.9 Å². The Morgan fingerprint density at radius 2 is 1.55 bits per heavy atom. The van der Waals surface area contributed by atoms with Crippen molar-refractivity contribution in [2.75, 3.05) is 11.5 Å². The molecule has 2 aromatic rings. The fourth-order valence-electron chi connectivity index (χ4n) is 3.76. The predicted molar refractivity (Wildman–Crippen MR) is 138 cm³/mol. The summed E-state index contributed by atoms with van der Waals surface area (Å²) in [6.07, 6.45) is -14.5. The first kappa shape index (κ1) is 35.4. The van der Waals surface area contributed by atoms with E-state index in [1.165, 1.54) is 0 Å². The quantitative estimate of drug-likeness (QED) is 0.272. The second kappa shape index (κ2) is 12.8. The summed E-state index contributed by atoms with van der Waals surface area (Å²) in [5, 5.41) is 1.30. The van der Waals surface area contributed by atoms with Gasteiger partial charge in [0.25, 0.3) is 5.91 Å². The summed E-state index contributed by atoms with van der Waals surface area (Å²) in [5.41, 5.74) is -4.56. The summed E-state index contributed by atoms with van der Waals surface area (Å²) in [6, 6.07) is 1.12. The minimum atomic E-state index is -5.36. The van der Waals surface area contributed by atoms with Crippen LogP contribution >= 0.6 is 23.2 Å². The lowest BCUT2D eigenvalue weighted by Gasteiger charge is -2.20. The minimum Gasteiger partial charge on any atom is -0.349 e. The number of hydrogen-bond acceptors (Lipinski definition) is 3. The Morgan fingerprint density at radius 3 is 2.00 bits per heavy atom. The average Bonchev–Trinajstić information content (AvgIpc) is 2.78. The lowest BCUT2D eigenvalue weighted by atomic mass is 9.94. The molecule has 0 saturated carbocycles. The van der Waals surface area contributed by atoms with E-state index in [4.69, 9.17) is 23.2 Å². The summed E-state index contributed by atoms with van der Waals surface area (Å²) < 4.78 is 158. The molecule has 2 rings (SSSR count). The van der Waals surface area contributed by atoms with Crippen molar-refractivity contribution in [3.63, 3.8) is 0 Å². The van der Waals surface area contributed by atoms with Crippen LogP contribution in [0, 0.1) is 0 Å². The average molecular weight is 674 g/mol. The van der Waals surface area contributed by atoms with E-state index in [0.29, 0.717) is 12.1 Å². The summed E-state index contributed by atoms with van der Waals surface area (Å²) in [5.74, 6) is -9.56. The Balaban J connectivity index is 2.48. The number of sulfone groups is 1. The zero-order valence-corrected chi connectivity index (χ0v) is 23.3. The largest absolute Gasteiger partial charge is 0.417 e. The maximum absolute atomic E-state index is 15.0. The van der Waals surface area contributed by atoms with Crippen molar-refractivity contribution >= 4 is 50.8 Å². The van der Waals surface area contributed by atoms with Crippen molar-refractivity contribution in [3.8, 4) is 0 Å². The fourth-order valence-corrected chi connectivity index (χ4v) is 5.88. The molecule has 232 valence electrons. The van der Waals surface area contributed by atoms with Gasteiger partial charge in [-0.15, -0.1) is 0 Å².